The number of ether oxygens (including phenoxy) is 1. The topological polar surface area (TPSA) is 96.9 Å². The third-order valence-electron chi connectivity index (χ3n) is 4.91. The van der Waals surface area contributed by atoms with Crippen molar-refractivity contribution in [2.45, 2.75) is 31.1 Å². The number of anilines is 1. The Morgan fingerprint density at radius 3 is 2.24 bits per heavy atom. The molecule has 8 heteroatoms. The van der Waals surface area contributed by atoms with Crippen LogP contribution in [-0.2, 0) is 15.4 Å². The van der Waals surface area contributed by atoms with E-state index in [1.807, 2.05) is 24.3 Å². The minimum Gasteiger partial charge on any atom is -0.497 e. The van der Waals surface area contributed by atoms with Gasteiger partial charge in [0.15, 0.2) is 0 Å². The molecule has 0 fully saturated rings. The highest BCUT2D eigenvalue weighted by Crippen LogP contribution is 2.22. The number of benzene rings is 3. The first-order chi connectivity index (χ1) is 15.6. The average molecular weight is 466 g/mol. The molecule has 0 radical (unpaired) electrons. The Labute approximate surface area is 194 Å². The number of hydrogen-bond acceptors (Lipinski definition) is 5. The molecule has 2 N–H and O–H groups in total. The Kier molecular flexibility index (Phi) is 7.18. The highest BCUT2D eigenvalue weighted by molar-refractivity contribution is 7.92. The molecule has 0 heterocycles. The van der Waals surface area contributed by atoms with E-state index in [1.165, 1.54) is 43.2 Å². The summed E-state index contributed by atoms with van der Waals surface area (Å²) >= 11 is 0. The molecule has 0 aliphatic rings. The van der Waals surface area contributed by atoms with Crippen LogP contribution < -0.4 is 14.9 Å². The van der Waals surface area contributed by atoms with E-state index in [0.29, 0.717) is 11.4 Å². The number of amides is 1. The van der Waals surface area contributed by atoms with Crippen LogP contribution in [0.2, 0.25) is 0 Å². The van der Waals surface area contributed by atoms with E-state index >= 15 is 0 Å². The van der Waals surface area contributed by atoms with Gasteiger partial charge >= 0.3 is 0 Å². The first-order valence-corrected chi connectivity index (χ1v) is 11.8. The van der Waals surface area contributed by atoms with Crippen molar-refractivity contribution in [2.24, 2.45) is 5.10 Å². The van der Waals surface area contributed by atoms with Crippen molar-refractivity contribution in [1.29, 1.82) is 0 Å². The molecule has 0 aromatic heterocycles. The fourth-order valence-corrected chi connectivity index (χ4v) is 4.08. The van der Waals surface area contributed by atoms with Crippen LogP contribution in [0, 0.1) is 0 Å². The molecule has 0 saturated heterocycles. The van der Waals surface area contributed by atoms with E-state index in [2.05, 4.69) is 36.0 Å². The molecule has 1 amide bonds. The molecule has 0 atom stereocenters. The zero-order chi connectivity index (χ0) is 24.1. The lowest BCUT2D eigenvalue weighted by atomic mass is 9.87. The molecule has 0 aliphatic heterocycles. The average Bonchev–Trinajstić information content (AvgIpc) is 2.79. The maximum absolute atomic E-state index is 12.7. The second-order valence-corrected chi connectivity index (χ2v) is 10.1. The van der Waals surface area contributed by atoms with Crippen molar-refractivity contribution in [1.82, 2.24) is 5.43 Å². The normalized spacial score (nSPS) is 11.9. The number of sulfonamides is 1. The summed E-state index contributed by atoms with van der Waals surface area (Å²) in [6, 6.07) is 20.1. The summed E-state index contributed by atoms with van der Waals surface area (Å²) < 4.78 is 33.0. The summed E-state index contributed by atoms with van der Waals surface area (Å²) in [5, 5.41) is 3.98. The first-order valence-electron chi connectivity index (χ1n) is 10.3. The van der Waals surface area contributed by atoms with Crippen LogP contribution in [0.25, 0.3) is 0 Å². The number of rotatable bonds is 7. The molecule has 172 valence electrons. The Bertz CT molecular complexity index is 1240. The fourth-order valence-electron chi connectivity index (χ4n) is 2.98. The van der Waals surface area contributed by atoms with E-state index in [-0.39, 0.29) is 15.9 Å². The molecule has 0 aliphatic carbocycles. The van der Waals surface area contributed by atoms with Gasteiger partial charge in [-0.25, -0.2) is 13.8 Å². The van der Waals surface area contributed by atoms with Gasteiger partial charge in [0.05, 0.1) is 18.2 Å². The number of hydrogen-bond donors (Lipinski definition) is 2. The van der Waals surface area contributed by atoms with Crippen LogP contribution in [-0.4, -0.2) is 27.6 Å². The lowest BCUT2D eigenvalue weighted by Crippen LogP contribution is -2.19. The smallest absolute Gasteiger partial charge is 0.271 e. The number of methoxy groups -OCH3 is 1. The zero-order valence-electron chi connectivity index (χ0n) is 19.0. The van der Waals surface area contributed by atoms with Gasteiger partial charge in [-0.3, -0.25) is 9.52 Å². The van der Waals surface area contributed by atoms with Crippen molar-refractivity contribution < 1.29 is 17.9 Å². The first kappa shape index (κ1) is 24.0. The number of nitrogens with zero attached hydrogens (tertiary/aromatic N) is 1. The van der Waals surface area contributed by atoms with Gasteiger partial charge in [-0.15, -0.1) is 0 Å². The standard InChI is InChI=1S/C25H27N3O4S/c1-25(2,3)20-10-8-18(9-11-20)17-26-27-24(29)19-6-5-7-23(16-19)33(30,31)28-21-12-14-22(32-4)15-13-21/h5-17,28H,1-4H3,(H,27,29)/b26-17+. The minimum atomic E-state index is -3.88. The van der Waals surface area contributed by atoms with E-state index in [1.54, 1.807) is 24.3 Å². The van der Waals surface area contributed by atoms with Crippen LogP contribution in [0.5, 0.6) is 5.75 Å². The Balaban J connectivity index is 1.67. The Hall–Kier alpha value is -3.65. The lowest BCUT2D eigenvalue weighted by Gasteiger charge is -2.18. The predicted molar refractivity (Wildman–Crippen MR) is 130 cm³/mol. The maximum atomic E-state index is 12.7. The zero-order valence-corrected chi connectivity index (χ0v) is 19.8. The van der Waals surface area contributed by atoms with Gasteiger partial charge in [0.1, 0.15) is 5.75 Å². The number of carbonyl (C=O) groups excluding carboxylic acids is 1. The fraction of sp³-hybridized carbons (Fsp3) is 0.200. The molecule has 3 aromatic carbocycles. The largest absolute Gasteiger partial charge is 0.497 e. The summed E-state index contributed by atoms with van der Waals surface area (Å²) in [6.07, 6.45) is 1.54. The van der Waals surface area contributed by atoms with Crippen molar-refractivity contribution in [3.8, 4) is 5.75 Å². The monoisotopic (exact) mass is 465 g/mol. The number of carbonyl (C=O) groups is 1. The highest BCUT2D eigenvalue weighted by Gasteiger charge is 2.17. The Morgan fingerprint density at radius 2 is 1.64 bits per heavy atom. The van der Waals surface area contributed by atoms with Gasteiger partial charge in [-0.05, 0) is 59.0 Å². The number of hydrazone groups is 1. The lowest BCUT2D eigenvalue weighted by molar-refractivity contribution is 0.0955. The summed E-state index contributed by atoms with van der Waals surface area (Å²) in [5.41, 5.74) is 5.08. The van der Waals surface area contributed by atoms with Crippen molar-refractivity contribution in [3.63, 3.8) is 0 Å². The SMILES string of the molecule is COc1ccc(NS(=O)(=O)c2cccc(C(=O)N/N=C/c3ccc(C(C)(C)C)cc3)c2)cc1. The summed E-state index contributed by atoms with van der Waals surface area (Å²) in [6.45, 7) is 6.41. The molecule has 0 unspecified atom stereocenters. The summed E-state index contributed by atoms with van der Waals surface area (Å²) in [4.78, 5) is 12.4. The van der Waals surface area contributed by atoms with E-state index < -0.39 is 15.9 Å². The van der Waals surface area contributed by atoms with Crippen LogP contribution in [0.1, 0.15) is 42.3 Å². The van der Waals surface area contributed by atoms with E-state index in [0.717, 1.165) is 5.56 Å². The second-order valence-electron chi connectivity index (χ2n) is 8.43. The van der Waals surface area contributed by atoms with Crippen LogP contribution >= 0.6 is 0 Å². The molecular formula is C25H27N3O4S. The molecule has 3 aromatic rings. The third-order valence-corrected chi connectivity index (χ3v) is 6.28. The van der Waals surface area contributed by atoms with Gasteiger partial charge < -0.3 is 4.74 Å². The van der Waals surface area contributed by atoms with Crippen LogP contribution in [0.15, 0.2) is 82.8 Å². The molecule has 0 spiro atoms. The van der Waals surface area contributed by atoms with E-state index in [9.17, 15) is 13.2 Å². The van der Waals surface area contributed by atoms with Gasteiger partial charge in [0, 0.05) is 11.3 Å². The molecular weight excluding hydrogens is 438 g/mol. The summed E-state index contributed by atoms with van der Waals surface area (Å²) in [5.74, 6) is 0.0985. The minimum absolute atomic E-state index is 0.0345. The highest BCUT2D eigenvalue weighted by atomic mass is 32.2. The predicted octanol–water partition coefficient (Wildman–Crippen LogP) is 4.56. The molecule has 7 nitrogen and oxygen atoms in total. The van der Waals surface area contributed by atoms with Crippen LogP contribution in [0.3, 0.4) is 0 Å². The second kappa shape index (κ2) is 9.87. The van der Waals surface area contributed by atoms with Gasteiger partial charge in [-0.2, -0.15) is 5.10 Å². The molecule has 0 saturated carbocycles. The van der Waals surface area contributed by atoms with E-state index in [4.69, 9.17) is 4.74 Å². The van der Waals surface area contributed by atoms with Crippen molar-refractivity contribution in [2.75, 3.05) is 11.8 Å². The van der Waals surface area contributed by atoms with Gasteiger partial charge in [0.2, 0.25) is 0 Å². The number of nitrogens with one attached hydrogen (secondary N) is 2. The summed E-state index contributed by atoms with van der Waals surface area (Å²) in [7, 11) is -2.35. The van der Waals surface area contributed by atoms with Gasteiger partial charge in [-0.1, -0.05) is 51.1 Å². The third kappa shape index (κ3) is 6.43. The van der Waals surface area contributed by atoms with Crippen molar-refractivity contribution in [3.05, 3.63) is 89.5 Å². The van der Waals surface area contributed by atoms with Crippen LogP contribution in [0.4, 0.5) is 5.69 Å². The van der Waals surface area contributed by atoms with Gasteiger partial charge in [0.25, 0.3) is 15.9 Å². The quantitative estimate of drug-likeness (QED) is 0.395. The molecule has 0 bridgehead atoms. The molecule has 3 rings (SSSR count). The Morgan fingerprint density at radius 1 is 0.970 bits per heavy atom. The van der Waals surface area contributed by atoms with Crippen molar-refractivity contribution >= 4 is 27.8 Å². The maximum Gasteiger partial charge on any atom is 0.271 e. The molecule has 33 heavy (non-hydrogen) atoms.